The lowest BCUT2D eigenvalue weighted by molar-refractivity contribution is 0.0943. The van der Waals surface area contributed by atoms with Crippen molar-refractivity contribution in [2.45, 2.75) is 13.0 Å². The molecular weight excluding hydrogens is 496 g/mol. The van der Waals surface area contributed by atoms with Gasteiger partial charge in [0.05, 0.1) is 17.3 Å². The van der Waals surface area contributed by atoms with E-state index in [0.29, 0.717) is 16.8 Å². The van der Waals surface area contributed by atoms with Gasteiger partial charge in [0.15, 0.2) is 0 Å². The van der Waals surface area contributed by atoms with Crippen LogP contribution in [-0.2, 0) is 0 Å². The summed E-state index contributed by atoms with van der Waals surface area (Å²) in [6.07, 6.45) is 2.15. The van der Waals surface area contributed by atoms with Crippen LogP contribution in [0.25, 0.3) is 17.2 Å². The molecule has 202 valence electrons. The number of rotatable bonds is 7. The number of amides is 2. The number of benzene rings is 4. The molecule has 0 spiro atoms. The van der Waals surface area contributed by atoms with Crippen molar-refractivity contribution < 1.29 is 9.59 Å². The zero-order chi connectivity index (χ0) is 28.4. The summed E-state index contributed by atoms with van der Waals surface area (Å²) < 4.78 is 0. The number of carbonyl (C=O) groups excluding carboxylic acids is 2. The minimum Gasteiger partial charge on any atom is -0.378 e. The van der Waals surface area contributed by atoms with Gasteiger partial charge in [0, 0.05) is 45.1 Å². The van der Waals surface area contributed by atoms with Crippen molar-refractivity contribution in [2.24, 2.45) is 0 Å². The fourth-order valence-corrected chi connectivity index (χ4v) is 5.04. The van der Waals surface area contributed by atoms with E-state index in [1.165, 1.54) is 0 Å². The zero-order valence-electron chi connectivity index (χ0n) is 23.5. The minimum atomic E-state index is -0.273. The maximum absolute atomic E-state index is 13.7. The second-order valence-corrected chi connectivity index (χ2v) is 10.5. The molecule has 2 N–H and O–H groups in total. The van der Waals surface area contributed by atoms with Gasteiger partial charge < -0.3 is 20.4 Å². The van der Waals surface area contributed by atoms with Crippen LogP contribution in [-0.4, -0.2) is 40.0 Å². The van der Waals surface area contributed by atoms with Crippen LogP contribution in [0.3, 0.4) is 0 Å². The lowest BCUT2D eigenvalue weighted by Crippen LogP contribution is -2.29. The van der Waals surface area contributed by atoms with E-state index in [0.717, 1.165) is 39.2 Å². The van der Waals surface area contributed by atoms with Gasteiger partial charge >= 0.3 is 0 Å². The Bertz CT molecular complexity index is 1590. The van der Waals surface area contributed by atoms with Crippen LogP contribution >= 0.6 is 0 Å². The van der Waals surface area contributed by atoms with Gasteiger partial charge in [0.25, 0.3) is 11.8 Å². The number of nitrogens with zero attached hydrogens (tertiary/aromatic N) is 2. The second-order valence-electron chi connectivity index (χ2n) is 10.5. The quantitative estimate of drug-likeness (QED) is 0.282. The fraction of sp³-hybridized carbons (Fsp3) is 0.176. The van der Waals surface area contributed by atoms with Gasteiger partial charge in [-0.15, -0.1) is 0 Å². The van der Waals surface area contributed by atoms with Crippen LogP contribution in [0.15, 0.2) is 96.6 Å². The van der Waals surface area contributed by atoms with Gasteiger partial charge in [-0.05, 0) is 77.2 Å². The molecule has 0 saturated heterocycles. The molecule has 5 rings (SSSR count). The first kappa shape index (κ1) is 26.8. The summed E-state index contributed by atoms with van der Waals surface area (Å²) >= 11 is 0. The Morgan fingerprint density at radius 1 is 0.725 bits per heavy atom. The molecule has 0 aliphatic heterocycles. The molecular formula is C34H34N4O2. The van der Waals surface area contributed by atoms with E-state index in [-0.39, 0.29) is 17.9 Å². The normalized spacial score (nSPS) is 13.7. The van der Waals surface area contributed by atoms with E-state index >= 15 is 0 Å². The van der Waals surface area contributed by atoms with Crippen LogP contribution in [0.4, 0.5) is 17.1 Å². The number of anilines is 3. The highest BCUT2D eigenvalue weighted by Crippen LogP contribution is 2.40. The monoisotopic (exact) mass is 530 g/mol. The maximum atomic E-state index is 13.7. The fourth-order valence-electron chi connectivity index (χ4n) is 5.04. The molecule has 0 aromatic heterocycles. The van der Waals surface area contributed by atoms with Gasteiger partial charge in [-0.3, -0.25) is 9.59 Å². The summed E-state index contributed by atoms with van der Waals surface area (Å²) in [6, 6.07) is 29.1. The summed E-state index contributed by atoms with van der Waals surface area (Å²) in [6.45, 7) is 2.04. The number of hydrogen-bond donors (Lipinski definition) is 2. The van der Waals surface area contributed by atoms with E-state index < -0.39 is 0 Å². The SMILES string of the molecule is CC1=Cc2c(-c3ccccc3)cccc2C1NC(=O)c1ccc(N(C)C)cc1NC(=O)c1ccc(N(C)C)cc1. The van der Waals surface area contributed by atoms with Gasteiger partial charge in [0.1, 0.15) is 0 Å². The molecule has 2 amide bonds. The Balaban J connectivity index is 1.43. The van der Waals surface area contributed by atoms with Gasteiger partial charge in [-0.1, -0.05) is 54.6 Å². The Kier molecular flexibility index (Phi) is 7.43. The first-order chi connectivity index (χ1) is 19.2. The Morgan fingerprint density at radius 2 is 1.40 bits per heavy atom. The highest BCUT2D eigenvalue weighted by molar-refractivity contribution is 6.09. The standard InChI is InChI=1S/C34H34N4O2/c1-22-20-30-27(23-10-7-6-8-11-23)12-9-13-28(30)32(22)36-34(40)29-19-18-26(38(4)5)21-31(29)35-33(39)24-14-16-25(17-15-24)37(2)3/h6-21,32H,1-5H3,(H,35,39)(H,36,40). The van der Waals surface area contributed by atoms with Gasteiger partial charge in [-0.2, -0.15) is 0 Å². The third-order valence-corrected chi connectivity index (χ3v) is 7.30. The van der Waals surface area contributed by atoms with E-state index in [4.69, 9.17) is 0 Å². The minimum absolute atomic E-state index is 0.251. The molecule has 40 heavy (non-hydrogen) atoms. The molecule has 1 atom stereocenters. The summed E-state index contributed by atoms with van der Waals surface area (Å²) in [5.74, 6) is -0.524. The number of nitrogens with one attached hydrogen (secondary N) is 2. The molecule has 0 bridgehead atoms. The molecule has 1 unspecified atom stereocenters. The number of hydrogen-bond acceptors (Lipinski definition) is 4. The van der Waals surface area contributed by atoms with Crippen molar-refractivity contribution in [2.75, 3.05) is 43.3 Å². The highest BCUT2D eigenvalue weighted by atomic mass is 16.2. The molecule has 4 aromatic rings. The molecule has 6 heteroatoms. The Morgan fingerprint density at radius 3 is 2.08 bits per heavy atom. The molecule has 0 fully saturated rings. The van der Waals surface area contributed by atoms with Crippen molar-refractivity contribution in [3.8, 4) is 11.1 Å². The highest BCUT2D eigenvalue weighted by Gasteiger charge is 2.27. The third kappa shape index (κ3) is 5.34. The first-order valence-corrected chi connectivity index (χ1v) is 13.3. The molecule has 0 saturated carbocycles. The van der Waals surface area contributed by atoms with Gasteiger partial charge in [0.2, 0.25) is 0 Å². The van der Waals surface area contributed by atoms with Crippen molar-refractivity contribution >= 4 is 35.0 Å². The average Bonchev–Trinajstić information content (AvgIpc) is 3.28. The van der Waals surface area contributed by atoms with Crippen molar-refractivity contribution in [1.82, 2.24) is 5.32 Å². The largest absolute Gasteiger partial charge is 0.378 e. The predicted molar refractivity (Wildman–Crippen MR) is 165 cm³/mol. The molecule has 1 aliphatic carbocycles. The maximum Gasteiger partial charge on any atom is 0.255 e. The van der Waals surface area contributed by atoms with Crippen LogP contribution < -0.4 is 20.4 Å². The van der Waals surface area contributed by atoms with Crippen molar-refractivity contribution in [1.29, 1.82) is 0 Å². The van der Waals surface area contributed by atoms with Crippen LogP contribution in [0.5, 0.6) is 0 Å². The molecule has 6 nitrogen and oxygen atoms in total. The summed E-state index contributed by atoms with van der Waals surface area (Å²) in [7, 11) is 7.76. The number of carbonyl (C=O) groups is 2. The smallest absolute Gasteiger partial charge is 0.255 e. The average molecular weight is 531 g/mol. The number of fused-ring (bicyclic) bond motifs is 1. The van der Waals surface area contributed by atoms with Crippen LogP contribution in [0, 0.1) is 0 Å². The lowest BCUT2D eigenvalue weighted by Gasteiger charge is -2.21. The van der Waals surface area contributed by atoms with Gasteiger partial charge in [-0.25, -0.2) is 0 Å². The van der Waals surface area contributed by atoms with Crippen molar-refractivity contribution in [3.05, 3.63) is 119 Å². The first-order valence-electron chi connectivity index (χ1n) is 13.3. The molecule has 1 aliphatic rings. The molecule has 0 radical (unpaired) electrons. The lowest BCUT2D eigenvalue weighted by atomic mass is 9.95. The summed E-state index contributed by atoms with van der Waals surface area (Å²) in [4.78, 5) is 30.9. The zero-order valence-corrected chi connectivity index (χ0v) is 23.5. The third-order valence-electron chi connectivity index (χ3n) is 7.30. The van der Waals surface area contributed by atoms with E-state index in [1.54, 1.807) is 18.2 Å². The summed E-state index contributed by atoms with van der Waals surface area (Å²) in [5.41, 5.74) is 8.78. The van der Waals surface area contributed by atoms with E-state index in [2.05, 4.69) is 41.0 Å². The van der Waals surface area contributed by atoms with E-state index in [1.807, 2.05) is 93.4 Å². The summed E-state index contributed by atoms with van der Waals surface area (Å²) in [5, 5.41) is 6.21. The Hall–Kier alpha value is -4.84. The van der Waals surface area contributed by atoms with E-state index in [9.17, 15) is 9.59 Å². The molecule has 0 heterocycles. The molecule has 4 aromatic carbocycles. The topological polar surface area (TPSA) is 64.7 Å². The Labute approximate surface area is 235 Å². The predicted octanol–water partition coefficient (Wildman–Crippen LogP) is 6.63. The van der Waals surface area contributed by atoms with Crippen LogP contribution in [0.1, 0.15) is 44.8 Å². The van der Waals surface area contributed by atoms with Crippen LogP contribution in [0.2, 0.25) is 0 Å². The van der Waals surface area contributed by atoms with Crippen molar-refractivity contribution in [3.63, 3.8) is 0 Å². The second kappa shape index (κ2) is 11.1.